The largest absolute Gasteiger partial charge is 0.496 e. The SMILES string of the molecule is CCNC(=NCc1ccccc1OC)NCc1ccc(Cl)cc1OC.I. The third-order valence-electron chi connectivity index (χ3n) is 3.64. The van der Waals surface area contributed by atoms with Gasteiger partial charge < -0.3 is 20.1 Å². The lowest BCUT2D eigenvalue weighted by Gasteiger charge is -2.14. The molecule has 0 aliphatic heterocycles. The van der Waals surface area contributed by atoms with Crippen molar-refractivity contribution in [2.75, 3.05) is 20.8 Å². The van der Waals surface area contributed by atoms with E-state index in [4.69, 9.17) is 21.1 Å². The summed E-state index contributed by atoms with van der Waals surface area (Å²) in [6, 6.07) is 13.5. The Morgan fingerprint density at radius 1 is 1.00 bits per heavy atom. The maximum atomic E-state index is 6.01. The van der Waals surface area contributed by atoms with E-state index in [0.717, 1.165) is 35.1 Å². The van der Waals surface area contributed by atoms with Crippen LogP contribution in [0.25, 0.3) is 0 Å². The Labute approximate surface area is 177 Å². The Bertz CT molecular complexity index is 726. The van der Waals surface area contributed by atoms with Gasteiger partial charge in [-0.1, -0.05) is 35.9 Å². The number of halogens is 2. The van der Waals surface area contributed by atoms with E-state index < -0.39 is 0 Å². The Morgan fingerprint density at radius 2 is 1.73 bits per heavy atom. The van der Waals surface area contributed by atoms with E-state index >= 15 is 0 Å². The molecule has 0 saturated heterocycles. The van der Waals surface area contributed by atoms with E-state index in [9.17, 15) is 0 Å². The Hall–Kier alpha value is -1.67. The first-order valence-electron chi connectivity index (χ1n) is 8.14. The zero-order valence-electron chi connectivity index (χ0n) is 15.2. The molecule has 0 unspecified atom stereocenters. The van der Waals surface area contributed by atoms with Crippen LogP contribution in [0.4, 0.5) is 0 Å². The van der Waals surface area contributed by atoms with Crippen LogP contribution in [0, 0.1) is 0 Å². The molecule has 0 atom stereocenters. The highest BCUT2D eigenvalue weighted by molar-refractivity contribution is 14.0. The highest BCUT2D eigenvalue weighted by atomic mass is 127. The zero-order chi connectivity index (χ0) is 18.1. The van der Waals surface area contributed by atoms with Gasteiger partial charge in [-0.05, 0) is 25.1 Å². The van der Waals surface area contributed by atoms with Gasteiger partial charge in [0, 0.05) is 29.2 Å². The lowest BCUT2D eigenvalue weighted by molar-refractivity contribution is 0.409. The molecule has 0 amide bonds. The van der Waals surface area contributed by atoms with Crippen LogP contribution >= 0.6 is 35.6 Å². The van der Waals surface area contributed by atoms with Gasteiger partial charge >= 0.3 is 0 Å². The fraction of sp³-hybridized carbons (Fsp3) is 0.316. The van der Waals surface area contributed by atoms with Crippen LogP contribution in [0.15, 0.2) is 47.5 Å². The van der Waals surface area contributed by atoms with Crippen LogP contribution in [0.1, 0.15) is 18.1 Å². The van der Waals surface area contributed by atoms with Gasteiger partial charge in [-0.15, -0.1) is 24.0 Å². The molecule has 0 spiro atoms. The molecule has 0 heterocycles. The molecule has 5 nitrogen and oxygen atoms in total. The minimum atomic E-state index is 0. The van der Waals surface area contributed by atoms with Crippen molar-refractivity contribution >= 4 is 41.5 Å². The first-order valence-corrected chi connectivity index (χ1v) is 8.52. The maximum Gasteiger partial charge on any atom is 0.191 e. The number of nitrogens with one attached hydrogen (secondary N) is 2. The normalized spacial score (nSPS) is 10.7. The van der Waals surface area contributed by atoms with Crippen LogP contribution in [0.3, 0.4) is 0 Å². The van der Waals surface area contributed by atoms with E-state index in [1.165, 1.54) is 0 Å². The van der Waals surface area contributed by atoms with Crippen molar-refractivity contribution in [1.29, 1.82) is 0 Å². The highest BCUT2D eigenvalue weighted by Crippen LogP contribution is 2.23. The summed E-state index contributed by atoms with van der Waals surface area (Å²) in [7, 11) is 3.30. The van der Waals surface area contributed by atoms with E-state index in [1.54, 1.807) is 20.3 Å². The molecule has 0 radical (unpaired) electrons. The fourth-order valence-electron chi connectivity index (χ4n) is 2.38. The average Bonchev–Trinajstić information content (AvgIpc) is 2.64. The van der Waals surface area contributed by atoms with E-state index in [0.29, 0.717) is 18.1 Å². The fourth-order valence-corrected chi connectivity index (χ4v) is 2.55. The van der Waals surface area contributed by atoms with Gasteiger partial charge in [0.05, 0.1) is 20.8 Å². The molecule has 2 N–H and O–H groups in total. The van der Waals surface area contributed by atoms with E-state index in [-0.39, 0.29) is 24.0 Å². The number of rotatable bonds is 7. The smallest absolute Gasteiger partial charge is 0.191 e. The third kappa shape index (κ3) is 6.57. The van der Waals surface area contributed by atoms with Crippen LogP contribution in [-0.4, -0.2) is 26.7 Å². The Kier molecular flexibility index (Phi) is 10.2. The van der Waals surface area contributed by atoms with Crippen molar-refractivity contribution < 1.29 is 9.47 Å². The first-order chi connectivity index (χ1) is 12.2. The summed E-state index contributed by atoms with van der Waals surface area (Å²) >= 11 is 6.01. The number of benzene rings is 2. The second kappa shape index (κ2) is 11.9. The van der Waals surface area contributed by atoms with Gasteiger partial charge in [-0.3, -0.25) is 0 Å². The van der Waals surface area contributed by atoms with Gasteiger partial charge in [0.2, 0.25) is 0 Å². The summed E-state index contributed by atoms with van der Waals surface area (Å²) in [5.74, 6) is 2.31. The van der Waals surface area contributed by atoms with Crippen molar-refractivity contribution in [3.8, 4) is 11.5 Å². The molecule has 0 saturated carbocycles. The minimum Gasteiger partial charge on any atom is -0.496 e. The monoisotopic (exact) mass is 489 g/mol. The van der Waals surface area contributed by atoms with E-state index in [1.807, 2.05) is 43.3 Å². The first kappa shape index (κ1) is 22.4. The minimum absolute atomic E-state index is 0. The van der Waals surface area contributed by atoms with Gasteiger partial charge in [0.1, 0.15) is 11.5 Å². The summed E-state index contributed by atoms with van der Waals surface area (Å²) in [4.78, 5) is 4.63. The summed E-state index contributed by atoms with van der Waals surface area (Å²) in [5.41, 5.74) is 2.04. The molecule has 7 heteroatoms. The summed E-state index contributed by atoms with van der Waals surface area (Å²) in [5, 5.41) is 7.20. The van der Waals surface area contributed by atoms with Gasteiger partial charge in [-0.25, -0.2) is 4.99 Å². The van der Waals surface area contributed by atoms with Crippen molar-refractivity contribution in [1.82, 2.24) is 10.6 Å². The van der Waals surface area contributed by atoms with Gasteiger partial charge in [0.15, 0.2) is 5.96 Å². The molecular formula is C19H25ClIN3O2. The molecule has 26 heavy (non-hydrogen) atoms. The lowest BCUT2D eigenvalue weighted by Crippen LogP contribution is -2.36. The van der Waals surface area contributed by atoms with Crippen LogP contribution in [0.5, 0.6) is 11.5 Å². The lowest BCUT2D eigenvalue weighted by atomic mass is 10.2. The summed E-state index contributed by atoms with van der Waals surface area (Å²) in [6.07, 6.45) is 0. The molecule has 0 aliphatic rings. The number of hydrogen-bond acceptors (Lipinski definition) is 3. The van der Waals surface area contributed by atoms with Crippen molar-refractivity contribution in [2.24, 2.45) is 4.99 Å². The topological polar surface area (TPSA) is 54.9 Å². The number of nitrogens with zero attached hydrogens (tertiary/aromatic N) is 1. The summed E-state index contributed by atoms with van der Waals surface area (Å²) < 4.78 is 10.7. The molecule has 142 valence electrons. The quantitative estimate of drug-likeness (QED) is 0.347. The Morgan fingerprint density at radius 3 is 2.42 bits per heavy atom. The maximum absolute atomic E-state index is 6.01. The van der Waals surface area contributed by atoms with Crippen molar-refractivity contribution in [3.05, 3.63) is 58.6 Å². The predicted molar refractivity (Wildman–Crippen MR) is 118 cm³/mol. The van der Waals surface area contributed by atoms with Crippen LogP contribution < -0.4 is 20.1 Å². The van der Waals surface area contributed by atoms with Crippen LogP contribution in [0.2, 0.25) is 5.02 Å². The molecule has 2 rings (SSSR count). The predicted octanol–water partition coefficient (Wildman–Crippen LogP) is 4.23. The number of hydrogen-bond donors (Lipinski definition) is 2. The number of para-hydroxylation sites is 1. The van der Waals surface area contributed by atoms with Crippen LogP contribution in [-0.2, 0) is 13.1 Å². The molecule has 2 aromatic carbocycles. The molecule has 2 aromatic rings. The standard InChI is InChI=1S/C19H24ClN3O2.HI/c1-4-21-19(22-12-14-7-5-6-8-17(14)24-2)23-13-15-9-10-16(20)11-18(15)25-3;/h5-11H,4,12-13H2,1-3H3,(H2,21,22,23);1H. The van der Waals surface area contributed by atoms with Gasteiger partial charge in [-0.2, -0.15) is 0 Å². The Balaban J connectivity index is 0.00000338. The molecular weight excluding hydrogens is 465 g/mol. The molecule has 0 bridgehead atoms. The van der Waals surface area contributed by atoms with Crippen molar-refractivity contribution in [2.45, 2.75) is 20.0 Å². The number of guanidine groups is 1. The molecule has 0 aliphatic carbocycles. The average molecular weight is 490 g/mol. The summed E-state index contributed by atoms with van der Waals surface area (Å²) in [6.45, 7) is 3.91. The second-order valence-corrected chi connectivity index (χ2v) is 5.75. The highest BCUT2D eigenvalue weighted by Gasteiger charge is 2.06. The van der Waals surface area contributed by atoms with E-state index in [2.05, 4.69) is 15.6 Å². The molecule has 0 fully saturated rings. The zero-order valence-corrected chi connectivity index (χ0v) is 18.3. The number of methoxy groups -OCH3 is 2. The number of ether oxygens (including phenoxy) is 2. The van der Waals surface area contributed by atoms with Gasteiger partial charge in [0.25, 0.3) is 0 Å². The van der Waals surface area contributed by atoms with Crippen molar-refractivity contribution in [3.63, 3.8) is 0 Å². The molecule has 0 aromatic heterocycles. The number of aliphatic imine (C=N–C) groups is 1. The third-order valence-corrected chi connectivity index (χ3v) is 3.87. The second-order valence-electron chi connectivity index (χ2n) is 5.32.